The van der Waals surface area contributed by atoms with E-state index in [2.05, 4.69) is 11.0 Å². The molecule has 4 saturated carbocycles. The maximum absolute atomic E-state index is 11.6. The lowest BCUT2D eigenvalue weighted by atomic mass is 9.48. The number of fused-ring (bicyclic) bond motifs is 2. The number of amides is 1. The third kappa shape index (κ3) is 2.29. The summed E-state index contributed by atoms with van der Waals surface area (Å²) in [5.41, 5.74) is 5.83. The number of carbonyl (C=O) groups excluding carboxylic acids is 1. The van der Waals surface area contributed by atoms with Crippen LogP contribution in [0.1, 0.15) is 53.1 Å². The first-order valence-corrected chi connectivity index (χ1v) is 10.1. The monoisotopic (exact) mass is 382 g/mol. The molecule has 2 atom stereocenters. The molecular formula is C19H27ClN2O2S. The summed E-state index contributed by atoms with van der Waals surface area (Å²) < 4.78 is 6.28. The van der Waals surface area contributed by atoms with Gasteiger partial charge in [-0.05, 0) is 50.2 Å². The Morgan fingerprint density at radius 3 is 2.32 bits per heavy atom. The van der Waals surface area contributed by atoms with Crippen molar-refractivity contribution in [1.82, 2.24) is 4.90 Å². The molecule has 25 heavy (non-hydrogen) atoms. The highest BCUT2D eigenvalue weighted by Crippen LogP contribution is 2.63. The molecule has 1 aliphatic heterocycles. The molecular weight excluding hydrogens is 356 g/mol. The number of halogens is 1. The van der Waals surface area contributed by atoms with Crippen LogP contribution in [-0.4, -0.2) is 36.5 Å². The van der Waals surface area contributed by atoms with Crippen LogP contribution in [0.2, 0.25) is 0 Å². The second kappa shape index (κ2) is 5.95. The number of methoxy groups -OCH3 is 1. The summed E-state index contributed by atoms with van der Waals surface area (Å²) >= 11 is 1.55. The number of piperidine rings is 1. The SMILES string of the molecule is COC1(c2ccc(C(N)=O)s2)C2CCCC1CN(C13CC(C1)C3)C2.Cl. The van der Waals surface area contributed by atoms with Crippen molar-refractivity contribution in [2.75, 3.05) is 20.2 Å². The van der Waals surface area contributed by atoms with Crippen molar-refractivity contribution in [1.29, 1.82) is 0 Å². The van der Waals surface area contributed by atoms with Crippen molar-refractivity contribution in [2.24, 2.45) is 23.5 Å². The summed E-state index contributed by atoms with van der Waals surface area (Å²) in [4.78, 5) is 16.2. The van der Waals surface area contributed by atoms with Gasteiger partial charge in [0.2, 0.25) is 0 Å². The van der Waals surface area contributed by atoms with E-state index in [1.807, 2.05) is 13.2 Å². The number of hydrogen-bond acceptors (Lipinski definition) is 4. The molecule has 6 heteroatoms. The zero-order valence-electron chi connectivity index (χ0n) is 14.7. The molecule has 1 aromatic rings. The summed E-state index contributed by atoms with van der Waals surface area (Å²) in [5.74, 6) is 1.76. The number of hydrogen-bond donors (Lipinski definition) is 1. The number of carbonyl (C=O) groups is 1. The second-order valence-electron chi connectivity index (χ2n) is 8.46. The van der Waals surface area contributed by atoms with E-state index in [4.69, 9.17) is 10.5 Å². The van der Waals surface area contributed by atoms with Gasteiger partial charge >= 0.3 is 0 Å². The minimum absolute atomic E-state index is 0. The lowest BCUT2D eigenvalue weighted by Crippen LogP contribution is -2.73. The van der Waals surface area contributed by atoms with Crippen molar-refractivity contribution in [3.63, 3.8) is 0 Å². The van der Waals surface area contributed by atoms with E-state index in [1.165, 1.54) is 43.4 Å². The molecule has 1 saturated heterocycles. The van der Waals surface area contributed by atoms with Gasteiger partial charge < -0.3 is 10.5 Å². The van der Waals surface area contributed by atoms with Crippen LogP contribution in [0, 0.1) is 17.8 Å². The summed E-state index contributed by atoms with van der Waals surface area (Å²) in [5, 5.41) is 0. The van der Waals surface area contributed by atoms with E-state index in [9.17, 15) is 4.79 Å². The average Bonchev–Trinajstić information content (AvgIpc) is 2.93. The Hall–Kier alpha value is -0.620. The van der Waals surface area contributed by atoms with Gasteiger partial charge in [-0.25, -0.2) is 0 Å². The Balaban J connectivity index is 0.00000157. The van der Waals surface area contributed by atoms with Crippen molar-refractivity contribution >= 4 is 29.7 Å². The highest BCUT2D eigenvalue weighted by molar-refractivity contribution is 7.14. The van der Waals surface area contributed by atoms with Gasteiger partial charge in [-0.3, -0.25) is 9.69 Å². The number of thiophene rings is 1. The minimum Gasteiger partial charge on any atom is -0.372 e. The standard InChI is InChI=1S/C19H26N2O2S.ClH/c1-23-19(16-6-5-15(24-16)17(20)22)13-3-2-4-14(19)11-21(10-13)18-7-12(8-18)9-18;/h5-6,12-14H,2-4,7-11H2,1H3,(H2,20,22);1H. The van der Waals surface area contributed by atoms with Crippen molar-refractivity contribution in [3.05, 3.63) is 21.9 Å². The van der Waals surface area contributed by atoms with E-state index in [0.29, 0.717) is 22.3 Å². The van der Waals surface area contributed by atoms with Gasteiger partial charge in [0.05, 0.1) is 4.88 Å². The van der Waals surface area contributed by atoms with Crippen molar-refractivity contribution in [3.8, 4) is 0 Å². The zero-order chi connectivity index (χ0) is 16.5. The summed E-state index contributed by atoms with van der Waals surface area (Å²) in [6.45, 7) is 2.31. The van der Waals surface area contributed by atoms with Crippen LogP contribution in [0.3, 0.4) is 0 Å². The molecule has 1 amide bonds. The minimum atomic E-state index is -0.325. The predicted molar refractivity (Wildman–Crippen MR) is 101 cm³/mol. The maximum Gasteiger partial charge on any atom is 0.258 e. The third-order valence-electron chi connectivity index (χ3n) is 7.45. The zero-order valence-corrected chi connectivity index (χ0v) is 16.3. The molecule has 4 nitrogen and oxygen atoms in total. The first kappa shape index (κ1) is 17.8. The number of ether oxygens (including phenoxy) is 1. The van der Waals surface area contributed by atoms with Crippen LogP contribution in [0.15, 0.2) is 12.1 Å². The molecule has 5 fully saturated rings. The predicted octanol–water partition coefficient (Wildman–Crippen LogP) is 3.39. The molecule has 2 N–H and O–H groups in total. The van der Waals surface area contributed by atoms with E-state index in [0.717, 1.165) is 19.0 Å². The van der Waals surface area contributed by atoms with Gasteiger partial charge in [0.25, 0.3) is 5.91 Å². The Morgan fingerprint density at radius 2 is 1.88 bits per heavy atom. The second-order valence-corrected chi connectivity index (χ2v) is 9.54. The van der Waals surface area contributed by atoms with E-state index >= 15 is 0 Å². The Bertz CT molecular complexity index is 660. The topological polar surface area (TPSA) is 55.6 Å². The molecule has 4 bridgehead atoms. The first-order valence-electron chi connectivity index (χ1n) is 9.28. The largest absolute Gasteiger partial charge is 0.372 e. The fourth-order valence-electron chi connectivity index (χ4n) is 6.16. The Labute approximate surface area is 159 Å². The molecule has 0 radical (unpaired) electrons. The summed E-state index contributed by atoms with van der Waals surface area (Å²) in [6.07, 6.45) is 8.04. The van der Waals surface area contributed by atoms with Crippen LogP contribution >= 0.6 is 23.7 Å². The van der Waals surface area contributed by atoms with E-state index in [-0.39, 0.29) is 23.9 Å². The lowest BCUT2D eigenvalue weighted by Gasteiger charge is -2.70. The van der Waals surface area contributed by atoms with Gasteiger partial charge in [0.15, 0.2) is 0 Å². The van der Waals surface area contributed by atoms with Gasteiger partial charge in [-0.15, -0.1) is 23.7 Å². The summed E-state index contributed by atoms with van der Waals surface area (Å²) in [6, 6.07) is 3.97. The van der Waals surface area contributed by atoms with Crippen LogP contribution in [-0.2, 0) is 10.3 Å². The quantitative estimate of drug-likeness (QED) is 0.868. The number of nitrogens with zero attached hydrogens (tertiary/aromatic N) is 1. The van der Waals surface area contributed by atoms with Gasteiger partial charge in [-0.1, -0.05) is 6.42 Å². The molecule has 2 unspecified atom stereocenters. The molecule has 5 aliphatic rings. The number of primary amides is 1. The van der Waals surface area contributed by atoms with Crippen LogP contribution < -0.4 is 5.73 Å². The van der Waals surface area contributed by atoms with Crippen LogP contribution in [0.25, 0.3) is 0 Å². The molecule has 138 valence electrons. The number of likely N-dealkylation sites (tertiary alicyclic amines) is 1. The molecule has 4 aliphatic carbocycles. The molecule has 0 spiro atoms. The molecule has 2 heterocycles. The maximum atomic E-state index is 11.6. The van der Waals surface area contributed by atoms with Crippen LogP contribution in [0.4, 0.5) is 0 Å². The van der Waals surface area contributed by atoms with E-state index in [1.54, 1.807) is 11.3 Å². The van der Waals surface area contributed by atoms with Gasteiger partial charge in [-0.2, -0.15) is 0 Å². The lowest BCUT2D eigenvalue weighted by molar-refractivity contribution is -0.225. The van der Waals surface area contributed by atoms with Gasteiger partial charge in [0, 0.05) is 42.5 Å². The highest BCUT2D eigenvalue weighted by atomic mass is 35.5. The smallest absolute Gasteiger partial charge is 0.258 e. The van der Waals surface area contributed by atoms with E-state index < -0.39 is 0 Å². The van der Waals surface area contributed by atoms with Gasteiger partial charge in [0.1, 0.15) is 5.60 Å². The number of rotatable bonds is 4. The molecule has 1 aromatic heterocycles. The third-order valence-corrected chi connectivity index (χ3v) is 8.68. The number of nitrogens with two attached hydrogens (primary N) is 1. The Morgan fingerprint density at radius 1 is 1.24 bits per heavy atom. The fourth-order valence-corrected chi connectivity index (χ4v) is 7.34. The summed E-state index contributed by atoms with van der Waals surface area (Å²) in [7, 11) is 1.87. The molecule has 6 rings (SSSR count). The Kier molecular flexibility index (Phi) is 4.23. The highest BCUT2D eigenvalue weighted by Gasteiger charge is 2.64. The average molecular weight is 383 g/mol. The van der Waals surface area contributed by atoms with Crippen molar-refractivity contribution < 1.29 is 9.53 Å². The normalized spacial score (nSPS) is 42.0. The van der Waals surface area contributed by atoms with Crippen molar-refractivity contribution in [2.45, 2.75) is 49.7 Å². The molecule has 0 aromatic carbocycles. The van der Waals surface area contributed by atoms with Crippen LogP contribution in [0.5, 0.6) is 0 Å². The first-order chi connectivity index (χ1) is 11.6. The fraction of sp³-hybridized carbons (Fsp3) is 0.737.